The lowest BCUT2D eigenvalue weighted by molar-refractivity contribution is 0.324. The topological polar surface area (TPSA) is 83.3 Å². The van der Waals surface area contributed by atoms with Crippen molar-refractivity contribution >= 4 is 34.7 Å². The van der Waals surface area contributed by atoms with Gasteiger partial charge in [0.1, 0.15) is 11.0 Å². The number of methoxy groups -OCH3 is 3. The third-order valence-corrected chi connectivity index (χ3v) is 5.40. The average Bonchev–Trinajstić information content (AvgIpc) is 3.18. The molecule has 2 heterocycles. The molecule has 0 unspecified atom stereocenters. The number of nitrogens with one attached hydrogen (secondary N) is 1. The van der Waals surface area contributed by atoms with Crippen molar-refractivity contribution in [3.8, 4) is 17.2 Å². The highest BCUT2D eigenvalue weighted by Gasteiger charge is 2.17. The summed E-state index contributed by atoms with van der Waals surface area (Å²) in [7, 11) is 6.70. The van der Waals surface area contributed by atoms with E-state index in [0.29, 0.717) is 28.9 Å². The molecule has 1 N–H and O–H groups in total. The number of aryl methyl sites for hydroxylation is 2. The zero-order valence-electron chi connectivity index (χ0n) is 20.1. The van der Waals surface area contributed by atoms with Crippen molar-refractivity contribution in [3.05, 3.63) is 59.5 Å². The second-order valence-electron chi connectivity index (χ2n) is 7.73. The van der Waals surface area contributed by atoms with Gasteiger partial charge in [-0.25, -0.2) is 9.97 Å². The Morgan fingerprint density at radius 1 is 0.941 bits per heavy atom. The number of hydrogen-bond acceptors (Lipinski definition) is 7. The Balaban J connectivity index is 1.79. The summed E-state index contributed by atoms with van der Waals surface area (Å²) in [6, 6.07) is 13.7. The van der Waals surface area contributed by atoms with Crippen LogP contribution in [0.2, 0.25) is 0 Å². The maximum Gasteiger partial charge on any atom is 0.203 e. The van der Waals surface area contributed by atoms with Gasteiger partial charge < -0.3 is 19.5 Å². The van der Waals surface area contributed by atoms with Crippen molar-refractivity contribution in [1.29, 1.82) is 0 Å². The van der Waals surface area contributed by atoms with Crippen molar-refractivity contribution in [2.75, 3.05) is 26.6 Å². The maximum atomic E-state index is 5.47. The Hall–Kier alpha value is -4.07. The molecule has 2 aromatic heterocycles. The number of benzene rings is 2. The first-order chi connectivity index (χ1) is 16.6. The zero-order chi connectivity index (χ0) is 24.1. The molecule has 0 radical (unpaired) electrons. The summed E-state index contributed by atoms with van der Waals surface area (Å²) in [5, 5.41) is 8.14. The van der Waals surface area contributed by atoms with Crippen molar-refractivity contribution in [1.82, 2.24) is 19.7 Å². The number of anilines is 2. The van der Waals surface area contributed by atoms with Crippen molar-refractivity contribution < 1.29 is 14.2 Å². The first-order valence-electron chi connectivity index (χ1n) is 11.1. The van der Waals surface area contributed by atoms with E-state index in [9.17, 15) is 0 Å². The van der Waals surface area contributed by atoms with Crippen LogP contribution in [0.5, 0.6) is 17.2 Å². The van der Waals surface area contributed by atoms with Crippen LogP contribution in [0.3, 0.4) is 0 Å². The second kappa shape index (κ2) is 10.2. The van der Waals surface area contributed by atoms with Gasteiger partial charge in [-0.05, 0) is 42.3 Å². The van der Waals surface area contributed by atoms with Crippen LogP contribution in [0.4, 0.5) is 11.5 Å². The van der Waals surface area contributed by atoms with Gasteiger partial charge in [-0.3, -0.25) is 4.68 Å². The van der Waals surface area contributed by atoms with E-state index >= 15 is 0 Å². The average molecular weight is 460 g/mol. The highest BCUT2D eigenvalue weighted by Crippen LogP contribution is 2.38. The zero-order valence-corrected chi connectivity index (χ0v) is 20.1. The molecule has 8 heteroatoms. The van der Waals surface area contributed by atoms with Crippen LogP contribution in [0.25, 0.3) is 23.2 Å². The maximum absolute atomic E-state index is 5.47. The molecule has 176 valence electrons. The molecule has 2 aromatic carbocycles. The Bertz CT molecular complexity index is 1290. The van der Waals surface area contributed by atoms with E-state index in [4.69, 9.17) is 29.3 Å². The highest BCUT2D eigenvalue weighted by molar-refractivity contribution is 5.90. The van der Waals surface area contributed by atoms with Gasteiger partial charge in [0.05, 0.1) is 27.0 Å². The third kappa shape index (κ3) is 4.66. The van der Waals surface area contributed by atoms with E-state index in [1.54, 1.807) is 21.3 Å². The summed E-state index contributed by atoms with van der Waals surface area (Å²) in [5.74, 6) is 3.00. The van der Waals surface area contributed by atoms with Gasteiger partial charge in [-0.1, -0.05) is 37.6 Å². The summed E-state index contributed by atoms with van der Waals surface area (Å²) < 4.78 is 18.2. The number of rotatable bonds is 9. The van der Waals surface area contributed by atoms with Crippen LogP contribution >= 0.6 is 0 Å². The van der Waals surface area contributed by atoms with Crippen molar-refractivity contribution in [2.24, 2.45) is 7.05 Å². The van der Waals surface area contributed by atoms with Gasteiger partial charge in [0, 0.05) is 12.7 Å². The van der Waals surface area contributed by atoms with Gasteiger partial charge in [0.15, 0.2) is 23.1 Å². The van der Waals surface area contributed by atoms with Gasteiger partial charge in [0.25, 0.3) is 0 Å². The lowest BCUT2D eigenvalue weighted by Gasteiger charge is -2.12. The Morgan fingerprint density at radius 3 is 2.26 bits per heavy atom. The number of hydrogen-bond donors (Lipinski definition) is 1. The largest absolute Gasteiger partial charge is 0.493 e. The van der Waals surface area contributed by atoms with E-state index in [-0.39, 0.29) is 0 Å². The number of nitrogens with zero attached hydrogens (tertiary/aromatic N) is 4. The minimum Gasteiger partial charge on any atom is -0.493 e. The fourth-order valence-corrected chi connectivity index (χ4v) is 3.85. The summed E-state index contributed by atoms with van der Waals surface area (Å²) in [6.07, 6.45) is 5.62. The van der Waals surface area contributed by atoms with Crippen LogP contribution in [-0.2, 0) is 13.5 Å². The van der Waals surface area contributed by atoms with E-state index in [0.717, 1.165) is 40.8 Å². The van der Waals surface area contributed by atoms with Gasteiger partial charge in [-0.15, -0.1) is 0 Å². The van der Waals surface area contributed by atoms with Crippen LogP contribution in [0, 0.1) is 0 Å². The molecular weight excluding hydrogens is 430 g/mol. The standard InChI is InChI=1S/C26H29N5O3/c1-6-10-19-23-24(31(2)30-19)26(27-18-11-8-7-9-12-18)29-22(28-23)14-13-17-15-20(32-3)25(34-5)21(16-17)33-4/h7-9,11-16H,6,10H2,1-5H3,(H,27,28,29). The summed E-state index contributed by atoms with van der Waals surface area (Å²) >= 11 is 0. The van der Waals surface area contributed by atoms with Crippen molar-refractivity contribution in [3.63, 3.8) is 0 Å². The van der Waals surface area contributed by atoms with Crippen LogP contribution in [0.1, 0.15) is 30.4 Å². The fraction of sp³-hybridized carbons (Fsp3) is 0.269. The first-order valence-corrected chi connectivity index (χ1v) is 11.1. The summed E-state index contributed by atoms with van der Waals surface area (Å²) in [6.45, 7) is 2.14. The fourth-order valence-electron chi connectivity index (χ4n) is 3.85. The molecule has 0 aliphatic rings. The molecule has 4 aromatic rings. The minimum absolute atomic E-state index is 0.550. The Kier molecular flexibility index (Phi) is 6.96. The molecule has 4 rings (SSSR count). The Labute approximate surface area is 199 Å². The molecule has 34 heavy (non-hydrogen) atoms. The molecule has 0 bridgehead atoms. The van der Waals surface area contributed by atoms with Gasteiger partial charge >= 0.3 is 0 Å². The molecule has 0 spiro atoms. The van der Waals surface area contributed by atoms with E-state index in [1.165, 1.54) is 0 Å². The highest BCUT2D eigenvalue weighted by atomic mass is 16.5. The third-order valence-electron chi connectivity index (χ3n) is 5.40. The van der Waals surface area contributed by atoms with E-state index in [2.05, 4.69) is 12.2 Å². The molecule has 0 saturated heterocycles. The van der Waals surface area contributed by atoms with Gasteiger partial charge in [-0.2, -0.15) is 5.10 Å². The van der Waals surface area contributed by atoms with Crippen LogP contribution < -0.4 is 19.5 Å². The predicted octanol–water partition coefficient (Wildman–Crippen LogP) is 5.26. The number of ether oxygens (including phenoxy) is 3. The molecule has 0 fully saturated rings. The second-order valence-corrected chi connectivity index (χ2v) is 7.73. The SMILES string of the molecule is CCCc1nn(C)c2c(Nc3ccccc3)nc(C=Cc3cc(OC)c(OC)c(OC)c3)nc12. The van der Waals surface area contributed by atoms with Crippen LogP contribution in [-0.4, -0.2) is 41.1 Å². The first kappa shape index (κ1) is 23.1. The smallest absolute Gasteiger partial charge is 0.203 e. The van der Waals surface area contributed by atoms with Crippen molar-refractivity contribution in [2.45, 2.75) is 19.8 Å². The quantitative estimate of drug-likeness (QED) is 0.366. The van der Waals surface area contributed by atoms with E-state index in [1.807, 2.05) is 66.3 Å². The number of para-hydroxylation sites is 1. The summed E-state index contributed by atoms with van der Waals surface area (Å²) in [5.41, 5.74) is 4.50. The number of fused-ring (bicyclic) bond motifs is 1. The minimum atomic E-state index is 0.550. The Morgan fingerprint density at radius 2 is 1.65 bits per heavy atom. The van der Waals surface area contributed by atoms with Gasteiger partial charge in [0.2, 0.25) is 5.75 Å². The predicted molar refractivity (Wildman–Crippen MR) is 135 cm³/mol. The molecule has 0 amide bonds. The molecule has 0 saturated carbocycles. The molecule has 8 nitrogen and oxygen atoms in total. The molecule has 0 aliphatic carbocycles. The summed E-state index contributed by atoms with van der Waals surface area (Å²) in [4.78, 5) is 9.65. The molecule has 0 aliphatic heterocycles. The monoisotopic (exact) mass is 459 g/mol. The molecular formula is C26H29N5O3. The lowest BCUT2D eigenvalue weighted by atomic mass is 10.1. The van der Waals surface area contributed by atoms with E-state index < -0.39 is 0 Å². The normalized spacial score (nSPS) is 11.2. The number of aromatic nitrogens is 4. The molecule has 0 atom stereocenters. The lowest BCUT2D eigenvalue weighted by Crippen LogP contribution is -2.01. The van der Waals surface area contributed by atoms with Crippen LogP contribution in [0.15, 0.2) is 42.5 Å².